The van der Waals surface area contributed by atoms with Crippen LogP contribution in [0.15, 0.2) is 18.2 Å². The molecule has 1 aliphatic heterocycles. The highest BCUT2D eigenvalue weighted by Gasteiger charge is 2.15. The normalized spacial score (nSPS) is 14.6. The van der Waals surface area contributed by atoms with Crippen LogP contribution in [0, 0.1) is 5.82 Å². The van der Waals surface area contributed by atoms with Gasteiger partial charge in [0.1, 0.15) is 5.82 Å². The molecule has 0 saturated carbocycles. The number of morpholine rings is 1. The molecule has 0 aliphatic carbocycles. The number of nitrogens with zero attached hydrogens (tertiary/aromatic N) is 1. The lowest BCUT2D eigenvalue weighted by Gasteiger charge is -2.29. The molecule has 0 aromatic heterocycles. The maximum absolute atomic E-state index is 14.2. The van der Waals surface area contributed by atoms with Crippen LogP contribution in [0.25, 0.3) is 0 Å². The molecule has 7 heteroatoms. The van der Waals surface area contributed by atoms with E-state index in [2.05, 4.69) is 10.6 Å². The first-order valence-electron chi connectivity index (χ1n) is 7.95. The van der Waals surface area contributed by atoms with Crippen molar-refractivity contribution < 1.29 is 18.7 Å². The van der Waals surface area contributed by atoms with Gasteiger partial charge in [0, 0.05) is 38.5 Å². The van der Waals surface area contributed by atoms with Crippen LogP contribution in [0.5, 0.6) is 0 Å². The van der Waals surface area contributed by atoms with Crippen LogP contribution < -0.4 is 15.5 Å². The molecular weight excluding hydrogens is 301 g/mol. The van der Waals surface area contributed by atoms with Crippen LogP contribution in [0.2, 0.25) is 0 Å². The number of ether oxygens (including phenoxy) is 2. The predicted octanol–water partition coefficient (Wildman–Crippen LogP) is 2.21. The summed E-state index contributed by atoms with van der Waals surface area (Å²) in [5.41, 5.74) is 0.970. The van der Waals surface area contributed by atoms with Gasteiger partial charge in [-0.3, -0.25) is 0 Å². The van der Waals surface area contributed by atoms with E-state index in [1.54, 1.807) is 12.1 Å². The SMILES string of the molecule is CCOCCCNC(=O)Nc1ccc(N2CCOCC2)c(F)c1. The first kappa shape index (κ1) is 17.5. The van der Waals surface area contributed by atoms with E-state index < -0.39 is 0 Å². The summed E-state index contributed by atoms with van der Waals surface area (Å²) in [6, 6.07) is 4.38. The largest absolute Gasteiger partial charge is 0.382 e. The van der Waals surface area contributed by atoms with Gasteiger partial charge in [0.15, 0.2) is 0 Å². The molecule has 0 bridgehead atoms. The number of anilines is 2. The van der Waals surface area contributed by atoms with Gasteiger partial charge in [-0.15, -0.1) is 0 Å². The molecular formula is C16H24FN3O3. The highest BCUT2D eigenvalue weighted by molar-refractivity contribution is 5.89. The number of carbonyl (C=O) groups is 1. The molecule has 6 nitrogen and oxygen atoms in total. The lowest BCUT2D eigenvalue weighted by atomic mass is 10.2. The summed E-state index contributed by atoms with van der Waals surface area (Å²) in [6.45, 7) is 6.26. The smallest absolute Gasteiger partial charge is 0.319 e. The molecule has 1 aromatic rings. The lowest BCUT2D eigenvalue weighted by molar-refractivity contribution is 0.122. The van der Waals surface area contributed by atoms with E-state index in [1.165, 1.54) is 6.07 Å². The number of urea groups is 1. The molecule has 0 atom stereocenters. The first-order chi connectivity index (χ1) is 11.2. The second kappa shape index (κ2) is 9.32. The Labute approximate surface area is 135 Å². The molecule has 128 valence electrons. The van der Waals surface area contributed by atoms with E-state index in [9.17, 15) is 9.18 Å². The Balaban J connectivity index is 1.81. The highest BCUT2D eigenvalue weighted by atomic mass is 19.1. The van der Waals surface area contributed by atoms with Crippen LogP contribution in [-0.4, -0.2) is 52.1 Å². The van der Waals surface area contributed by atoms with Gasteiger partial charge in [0.05, 0.1) is 18.9 Å². The molecule has 23 heavy (non-hydrogen) atoms. The van der Waals surface area contributed by atoms with E-state index in [0.29, 0.717) is 57.4 Å². The standard InChI is InChI=1S/C16H24FN3O3/c1-2-22-9-3-6-18-16(21)19-13-4-5-15(14(17)12-13)20-7-10-23-11-8-20/h4-5,12H,2-3,6-11H2,1H3,(H2,18,19,21). The Hall–Kier alpha value is -1.86. The van der Waals surface area contributed by atoms with Crippen molar-refractivity contribution in [2.24, 2.45) is 0 Å². The fraction of sp³-hybridized carbons (Fsp3) is 0.562. The summed E-state index contributed by atoms with van der Waals surface area (Å²) in [5.74, 6) is -0.346. The van der Waals surface area contributed by atoms with Gasteiger partial charge in [-0.05, 0) is 31.5 Å². The number of nitrogens with one attached hydrogen (secondary N) is 2. The Morgan fingerprint density at radius 3 is 2.87 bits per heavy atom. The molecule has 2 amide bonds. The summed E-state index contributed by atoms with van der Waals surface area (Å²) in [6.07, 6.45) is 0.742. The molecule has 2 N–H and O–H groups in total. The van der Waals surface area contributed by atoms with Gasteiger partial charge in [-0.1, -0.05) is 0 Å². The van der Waals surface area contributed by atoms with E-state index in [4.69, 9.17) is 9.47 Å². The third-order valence-electron chi connectivity index (χ3n) is 3.51. The highest BCUT2D eigenvalue weighted by Crippen LogP contribution is 2.23. The minimum atomic E-state index is -0.347. The van der Waals surface area contributed by atoms with Gasteiger partial charge >= 0.3 is 6.03 Å². The van der Waals surface area contributed by atoms with Gasteiger partial charge in [0.25, 0.3) is 0 Å². The first-order valence-corrected chi connectivity index (χ1v) is 7.95. The Kier molecular flexibility index (Phi) is 7.09. The molecule has 0 unspecified atom stereocenters. The van der Waals surface area contributed by atoms with Gasteiger partial charge in [-0.25, -0.2) is 9.18 Å². The molecule has 1 aromatic carbocycles. The zero-order valence-corrected chi connectivity index (χ0v) is 13.4. The second-order valence-corrected chi connectivity index (χ2v) is 5.20. The molecule has 1 saturated heterocycles. The zero-order valence-electron chi connectivity index (χ0n) is 13.4. The fourth-order valence-corrected chi connectivity index (χ4v) is 2.34. The van der Waals surface area contributed by atoms with Crippen molar-refractivity contribution in [1.29, 1.82) is 0 Å². The van der Waals surface area contributed by atoms with Crippen molar-refractivity contribution in [2.45, 2.75) is 13.3 Å². The summed E-state index contributed by atoms with van der Waals surface area (Å²) in [5, 5.41) is 5.34. The molecule has 1 fully saturated rings. The number of rotatable bonds is 7. The van der Waals surface area contributed by atoms with Crippen LogP contribution in [0.1, 0.15) is 13.3 Å². The zero-order chi connectivity index (χ0) is 16.5. The predicted molar refractivity (Wildman–Crippen MR) is 87.6 cm³/mol. The number of halogens is 1. The Morgan fingerprint density at radius 1 is 1.39 bits per heavy atom. The van der Waals surface area contributed by atoms with E-state index >= 15 is 0 Å². The molecule has 1 heterocycles. The van der Waals surface area contributed by atoms with Crippen LogP contribution in [0.3, 0.4) is 0 Å². The summed E-state index contributed by atoms with van der Waals surface area (Å²) >= 11 is 0. The second-order valence-electron chi connectivity index (χ2n) is 5.20. The van der Waals surface area contributed by atoms with E-state index in [1.807, 2.05) is 11.8 Å². The third kappa shape index (κ3) is 5.69. The number of hydrogen-bond donors (Lipinski definition) is 2. The summed E-state index contributed by atoms with van der Waals surface area (Å²) < 4.78 is 24.7. The average Bonchev–Trinajstić information content (AvgIpc) is 2.55. The van der Waals surface area contributed by atoms with Crippen LogP contribution in [0.4, 0.5) is 20.6 Å². The van der Waals surface area contributed by atoms with Gasteiger partial charge < -0.3 is 25.0 Å². The number of amides is 2. The van der Waals surface area contributed by atoms with Crippen LogP contribution in [-0.2, 0) is 9.47 Å². The van der Waals surface area contributed by atoms with E-state index in [-0.39, 0.29) is 11.8 Å². The van der Waals surface area contributed by atoms with E-state index in [0.717, 1.165) is 6.42 Å². The Morgan fingerprint density at radius 2 is 2.17 bits per heavy atom. The lowest BCUT2D eigenvalue weighted by Crippen LogP contribution is -2.36. The minimum Gasteiger partial charge on any atom is -0.382 e. The van der Waals surface area contributed by atoms with Crippen LogP contribution >= 0.6 is 0 Å². The third-order valence-corrected chi connectivity index (χ3v) is 3.51. The van der Waals surface area contributed by atoms with Crippen molar-refractivity contribution in [2.75, 3.05) is 56.3 Å². The monoisotopic (exact) mass is 325 g/mol. The Bertz CT molecular complexity index is 507. The number of carbonyl (C=O) groups excluding carboxylic acids is 1. The van der Waals surface area contributed by atoms with Crippen molar-refractivity contribution >= 4 is 17.4 Å². The molecule has 2 rings (SSSR count). The summed E-state index contributed by atoms with van der Waals surface area (Å²) in [7, 11) is 0. The fourth-order valence-electron chi connectivity index (χ4n) is 2.34. The van der Waals surface area contributed by atoms with Gasteiger partial charge in [0.2, 0.25) is 0 Å². The van der Waals surface area contributed by atoms with Crippen molar-refractivity contribution in [1.82, 2.24) is 5.32 Å². The van der Waals surface area contributed by atoms with Crippen molar-refractivity contribution in [3.05, 3.63) is 24.0 Å². The maximum Gasteiger partial charge on any atom is 0.319 e. The molecule has 0 spiro atoms. The number of hydrogen-bond acceptors (Lipinski definition) is 4. The number of benzene rings is 1. The quantitative estimate of drug-likeness (QED) is 0.755. The average molecular weight is 325 g/mol. The van der Waals surface area contributed by atoms with Crippen molar-refractivity contribution in [3.8, 4) is 0 Å². The van der Waals surface area contributed by atoms with Crippen molar-refractivity contribution in [3.63, 3.8) is 0 Å². The molecule has 0 radical (unpaired) electrons. The van der Waals surface area contributed by atoms with Gasteiger partial charge in [-0.2, -0.15) is 0 Å². The summed E-state index contributed by atoms with van der Waals surface area (Å²) in [4.78, 5) is 13.7. The minimum absolute atomic E-state index is 0.346. The maximum atomic E-state index is 14.2. The molecule has 1 aliphatic rings. The topological polar surface area (TPSA) is 62.8 Å².